The molecule has 17 heavy (non-hydrogen) atoms. The number of hydrogen-bond donors (Lipinski definition) is 2. The number of nitrogens with one attached hydrogen (secondary N) is 1. The van der Waals surface area contributed by atoms with Crippen LogP contribution in [0, 0.1) is 0 Å². The second-order valence-electron chi connectivity index (χ2n) is 4.04. The van der Waals surface area contributed by atoms with Crippen molar-refractivity contribution in [2.75, 3.05) is 19.4 Å². The van der Waals surface area contributed by atoms with Gasteiger partial charge in [-0.25, -0.2) is 0 Å². The zero-order chi connectivity index (χ0) is 13.0. The first-order valence-electron chi connectivity index (χ1n) is 5.29. The standard InChI is InChI=1S/C12H17N3O2/c1-8(15(2)3)12(17)14-10-7-5-4-6-9(10)11(13)16/h4-8H,1-3H3,(H2,13,16)(H,14,17). The van der Waals surface area contributed by atoms with Gasteiger partial charge in [0.25, 0.3) is 5.91 Å². The van der Waals surface area contributed by atoms with Crippen LogP contribution < -0.4 is 11.1 Å². The van der Waals surface area contributed by atoms with Gasteiger partial charge in [-0.05, 0) is 33.2 Å². The Morgan fingerprint density at radius 3 is 2.41 bits per heavy atom. The summed E-state index contributed by atoms with van der Waals surface area (Å²) in [5.74, 6) is -0.734. The Kier molecular flexibility index (Phi) is 4.23. The SMILES string of the molecule is CC(C(=O)Nc1ccccc1C(N)=O)N(C)C. The van der Waals surface area contributed by atoms with Gasteiger partial charge < -0.3 is 11.1 Å². The second-order valence-corrected chi connectivity index (χ2v) is 4.04. The molecule has 1 atom stereocenters. The fourth-order valence-corrected chi connectivity index (χ4v) is 1.28. The summed E-state index contributed by atoms with van der Waals surface area (Å²) in [7, 11) is 3.62. The van der Waals surface area contributed by atoms with Crippen LogP contribution in [-0.4, -0.2) is 36.9 Å². The molecule has 3 N–H and O–H groups in total. The molecule has 0 spiro atoms. The number of amides is 2. The quantitative estimate of drug-likeness (QED) is 0.805. The van der Waals surface area contributed by atoms with Gasteiger partial charge >= 0.3 is 0 Å². The summed E-state index contributed by atoms with van der Waals surface area (Å²) in [6.45, 7) is 1.78. The van der Waals surface area contributed by atoms with Gasteiger partial charge in [0.05, 0.1) is 17.3 Å². The molecule has 5 nitrogen and oxygen atoms in total. The van der Waals surface area contributed by atoms with Gasteiger partial charge in [-0.15, -0.1) is 0 Å². The van der Waals surface area contributed by atoms with Crippen molar-refractivity contribution in [3.05, 3.63) is 29.8 Å². The first kappa shape index (κ1) is 13.2. The molecule has 5 heteroatoms. The molecule has 0 fully saturated rings. The van der Waals surface area contributed by atoms with Crippen molar-refractivity contribution in [2.24, 2.45) is 5.73 Å². The molecule has 1 aromatic rings. The Bertz CT molecular complexity index is 430. The lowest BCUT2D eigenvalue weighted by molar-refractivity contribution is -0.119. The maximum Gasteiger partial charge on any atom is 0.250 e. The molecule has 92 valence electrons. The number of nitrogens with two attached hydrogens (primary N) is 1. The molecule has 0 aliphatic carbocycles. The number of hydrogen-bond acceptors (Lipinski definition) is 3. The summed E-state index contributed by atoms with van der Waals surface area (Å²) in [6, 6.07) is 6.39. The molecule has 2 amide bonds. The van der Waals surface area contributed by atoms with Gasteiger partial charge in [0.15, 0.2) is 0 Å². The molecule has 1 unspecified atom stereocenters. The van der Waals surface area contributed by atoms with Gasteiger partial charge in [-0.1, -0.05) is 12.1 Å². The van der Waals surface area contributed by atoms with E-state index in [1.165, 1.54) is 0 Å². The number of rotatable bonds is 4. The average Bonchev–Trinajstić information content (AvgIpc) is 2.28. The van der Waals surface area contributed by atoms with E-state index in [1.54, 1.807) is 36.1 Å². The van der Waals surface area contributed by atoms with Gasteiger partial charge in [0, 0.05) is 0 Å². The van der Waals surface area contributed by atoms with Gasteiger partial charge in [0.1, 0.15) is 0 Å². The molecule has 0 heterocycles. The highest BCUT2D eigenvalue weighted by Crippen LogP contribution is 2.14. The average molecular weight is 235 g/mol. The number of likely N-dealkylation sites (N-methyl/N-ethyl adjacent to an activating group) is 1. The third kappa shape index (κ3) is 3.29. The normalized spacial score (nSPS) is 12.2. The zero-order valence-electron chi connectivity index (χ0n) is 10.2. The number of carbonyl (C=O) groups is 2. The van der Waals surface area contributed by atoms with E-state index < -0.39 is 5.91 Å². The highest BCUT2D eigenvalue weighted by Gasteiger charge is 2.17. The van der Waals surface area contributed by atoms with Crippen LogP contribution in [0.4, 0.5) is 5.69 Å². The molecule has 0 saturated carbocycles. The Hall–Kier alpha value is -1.88. The number of anilines is 1. The van der Waals surface area contributed by atoms with Gasteiger partial charge in [-0.3, -0.25) is 14.5 Å². The number of benzene rings is 1. The number of para-hydroxylation sites is 1. The van der Waals surface area contributed by atoms with E-state index >= 15 is 0 Å². The fourth-order valence-electron chi connectivity index (χ4n) is 1.28. The predicted octanol–water partition coefficient (Wildman–Crippen LogP) is 0.674. The smallest absolute Gasteiger partial charge is 0.250 e. The summed E-state index contributed by atoms with van der Waals surface area (Å²) < 4.78 is 0. The third-order valence-corrected chi connectivity index (χ3v) is 2.60. The fraction of sp³-hybridized carbons (Fsp3) is 0.333. The molecule has 0 aliphatic rings. The van der Waals surface area contributed by atoms with Gasteiger partial charge in [0.2, 0.25) is 5.91 Å². The summed E-state index contributed by atoms with van der Waals surface area (Å²) in [4.78, 5) is 24.8. The van der Waals surface area contributed by atoms with E-state index in [0.717, 1.165) is 0 Å². The van der Waals surface area contributed by atoms with Crippen LogP contribution in [-0.2, 0) is 4.79 Å². The van der Waals surface area contributed by atoms with E-state index in [4.69, 9.17) is 5.73 Å². The Balaban J connectivity index is 2.89. The largest absolute Gasteiger partial charge is 0.366 e. The number of primary amides is 1. The van der Waals surface area contributed by atoms with Crippen molar-refractivity contribution >= 4 is 17.5 Å². The van der Waals surface area contributed by atoms with Crippen LogP contribution in [0.1, 0.15) is 17.3 Å². The van der Waals surface area contributed by atoms with Crippen molar-refractivity contribution in [3.8, 4) is 0 Å². The predicted molar refractivity (Wildman–Crippen MR) is 66.7 cm³/mol. The first-order chi connectivity index (χ1) is 7.93. The zero-order valence-corrected chi connectivity index (χ0v) is 10.2. The molecule has 0 aliphatic heterocycles. The summed E-state index contributed by atoms with van der Waals surface area (Å²) in [6.07, 6.45) is 0. The third-order valence-electron chi connectivity index (χ3n) is 2.60. The molecular formula is C12H17N3O2. The molecule has 1 rings (SSSR count). The first-order valence-corrected chi connectivity index (χ1v) is 5.29. The lowest BCUT2D eigenvalue weighted by Gasteiger charge is -2.19. The molecule has 0 bridgehead atoms. The van der Waals surface area contributed by atoms with Crippen LogP contribution >= 0.6 is 0 Å². The van der Waals surface area contributed by atoms with E-state index in [2.05, 4.69) is 5.32 Å². The lowest BCUT2D eigenvalue weighted by atomic mass is 10.1. The van der Waals surface area contributed by atoms with Gasteiger partial charge in [-0.2, -0.15) is 0 Å². The minimum absolute atomic E-state index is 0.177. The molecule has 0 saturated heterocycles. The highest BCUT2D eigenvalue weighted by atomic mass is 16.2. The van der Waals surface area contributed by atoms with Crippen molar-refractivity contribution in [2.45, 2.75) is 13.0 Å². The summed E-state index contributed by atoms with van der Waals surface area (Å²) in [5.41, 5.74) is 5.98. The van der Waals surface area contributed by atoms with Crippen molar-refractivity contribution in [1.82, 2.24) is 4.90 Å². The monoisotopic (exact) mass is 235 g/mol. The Labute approximate surface area is 101 Å². The minimum Gasteiger partial charge on any atom is -0.366 e. The highest BCUT2D eigenvalue weighted by molar-refractivity contribution is 6.04. The van der Waals surface area contributed by atoms with Crippen molar-refractivity contribution in [3.63, 3.8) is 0 Å². The van der Waals surface area contributed by atoms with E-state index in [9.17, 15) is 9.59 Å². The number of nitrogens with zero attached hydrogens (tertiary/aromatic N) is 1. The van der Waals surface area contributed by atoms with Crippen LogP contribution in [0.2, 0.25) is 0 Å². The van der Waals surface area contributed by atoms with Crippen molar-refractivity contribution in [1.29, 1.82) is 0 Å². The van der Waals surface area contributed by atoms with Crippen LogP contribution in [0.5, 0.6) is 0 Å². The molecule has 0 aromatic heterocycles. The molecule has 1 aromatic carbocycles. The molecule has 0 radical (unpaired) electrons. The van der Waals surface area contributed by atoms with E-state index in [-0.39, 0.29) is 11.9 Å². The topological polar surface area (TPSA) is 75.4 Å². The Morgan fingerprint density at radius 1 is 1.29 bits per heavy atom. The Morgan fingerprint density at radius 2 is 1.88 bits per heavy atom. The second kappa shape index (κ2) is 5.45. The van der Waals surface area contributed by atoms with Crippen LogP contribution in [0.25, 0.3) is 0 Å². The van der Waals surface area contributed by atoms with Crippen molar-refractivity contribution < 1.29 is 9.59 Å². The minimum atomic E-state index is -0.557. The summed E-state index contributed by atoms with van der Waals surface area (Å²) in [5, 5.41) is 2.69. The lowest BCUT2D eigenvalue weighted by Crippen LogP contribution is -2.37. The summed E-state index contributed by atoms with van der Waals surface area (Å²) >= 11 is 0. The van der Waals surface area contributed by atoms with Crippen LogP contribution in [0.15, 0.2) is 24.3 Å². The number of carbonyl (C=O) groups excluding carboxylic acids is 2. The van der Waals surface area contributed by atoms with E-state index in [0.29, 0.717) is 11.3 Å². The van der Waals surface area contributed by atoms with Crippen LogP contribution in [0.3, 0.4) is 0 Å². The molecular weight excluding hydrogens is 218 g/mol. The maximum absolute atomic E-state index is 11.8. The maximum atomic E-state index is 11.8. The van der Waals surface area contributed by atoms with E-state index in [1.807, 2.05) is 14.1 Å².